The van der Waals surface area contributed by atoms with Crippen LogP contribution in [0.15, 0.2) is 0 Å². The molecule has 0 aromatic carbocycles. The Bertz CT molecular complexity index is 215. The van der Waals surface area contributed by atoms with Crippen LogP contribution in [0.5, 0.6) is 0 Å². The molecule has 3 N–H and O–H groups in total. The van der Waals surface area contributed by atoms with E-state index in [4.69, 9.17) is 4.74 Å². The number of nitrogens with one attached hydrogen (secondary N) is 1. The van der Waals surface area contributed by atoms with Gasteiger partial charge in [-0.3, -0.25) is 0 Å². The maximum Gasteiger partial charge on any atom is 0.0898 e. The average Bonchev–Trinajstić information content (AvgIpc) is 2.69. The van der Waals surface area contributed by atoms with Crippen molar-refractivity contribution >= 4 is 0 Å². The number of aliphatic hydroxyl groups is 2. The molecule has 4 heteroatoms. The largest absolute Gasteiger partial charge is 0.396 e. The van der Waals surface area contributed by atoms with Crippen molar-refractivity contribution in [2.24, 2.45) is 5.92 Å². The van der Waals surface area contributed by atoms with Crippen LogP contribution < -0.4 is 5.32 Å². The fourth-order valence-corrected chi connectivity index (χ4v) is 2.22. The second-order valence-corrected chi connectivity index (χ2v) is 5.97. The van der Waals surface area contributed by atoms with Gasteiger partial charge in [-0.15, -0.1) is 0 Å². The Kier molecular flexibility index (Phi) is 5.86. The lowest BCUT2D eigenvalue weighted by atomic mass is 10.1. The molecular weight excluding hydrogens is 218 g/mol. The van der Waals surface area contributed by atoms with E-state index in [-0.39, 0.29) is 12.2 Å². The molecule has 1 fully saturated rings. The SMILES string of the molecule is CC(C)(C)OCC(O)CNC1CCCC1CO. The highest BCUT2D eigenvalue weighted by Gasteiger charge is 2.26. The summed E-state index contributed by atoms with van der Waals surface area (Å²) in [6.07, 6.45) is 2.87. The third-order valence-electron chi connectivity index (χ3n) is 3.22. The first-order valence-corrected chi connectivity index (χ1v) is 6.58. The molecule has 0 aliphatic heterocycles. The highest BCUT2D eigenvalue weighted by Crippen LogP contribution is 2.24. The van der Waals surface area contributed by atoms with Gasteiger partial charge in [0.15, 0.2) is 0 Å². The van der Waals surface area contributed by atoms with Crippen molar-refractivity contribution in [2.45, 2.75) is 57.8 Å². The monoisotopic (exact) mass is 245 g/mol. The van der Waals surface area contributed by atoms with Gasteiger partial charge in [0.05, 0.1) is 18.3 Å². The average molecular weight is 245 g/mol. The van der Waals surface area contributed by atoms with Crippen molar-refractivity contribution in [1.82, 2.24) is 5.32 Å². The van der Waals surface area contributed by atoms with Gasteiger partial charge >= 0.3 is 0 Å². The van der Waals surface area contributed by atoms with Crippen LogP contribution in [0.3, 0.4) is 0 Å². The van der Waals surface area contributed by atoms with E-state index in [9.17, 15) is 10.2 Å². The molecule has 0 spiro atoms. The molecule has 0 aromatic heterocycles. The third-order valence-corrected chi connectivity index (χ3v) is 3.22. The first-order chi connectivity index (χ1) is 7.92. The van der Waals surface area contributed by atoms with Gasteiger partial charge in [0.25, 0.3) is 0 Å². The van der Waals surface area contributed by atoms with Crippen molar-refractivity contribution < 1.29 is 14.9 Å². The molecule has 0 aromatic rings. The summed E-state index contributed by atoms with van der Waals surface area (Å²) in [5.74, 6) is 0.353. The summed E-state index contributed by atoms with van der Waals surface area (Å²) in [5, 5.41) is 22.3. The number of hydrogen-bond acceptors (Lipinski definition) is 4. The van der Waals surface area contributed by atoms with Gasteiger partial charge in [-0.2, -0.15) is 0 Å². The zero-order valence-corrected chi connectivity index (χ0v) is 11.3. The van der Waals surface area contributed by atoms with E-state index in [0.717, 1.165) is 19.3 Å². The maximum atomic E-state index is 9.78. The molecule has 3 unspecified atom stereocenters. The first kappa shape index (κ1) is 14.9. The van der Waals surface area contributed by atoms with Gasteiger partial charge in [0.2, 0.25) is 0 Å². The Morgan fingerprint density at radius 2 is 2.06 bits per heavy atom. The minimum atomic E-state index is -0.478. The van der Waals surface area contributed by atoms with E-state index in [1.54, 1.807) is 0 Å². The van der Waals surface area contributed by atoms with Gasteiger partial charge in [-0.25, -0.2) is 0 Å². The summed E-state index contributed by atoms with van der Waals surface area (Å²) in [7, 11) is 0. The molecule has 0 amide bonds. The normalized spacial score (nSPS) is 27.4. The number of rotatable bonds is 6. The molecule has 4 nitrogen and oxygen atoms in total. The Morgan fingerprint density at radius 3 is 2.65 bits per heavy atom. The summed E-state index contributed by atoms with van der Waals surface area (Å²) in [5.41, 5.74) is -0.206. The van der Waals surface area contributed by atoms with Crippen LogP contribution in [0.1, 0.15) is 40.0 Å². The minimum Gasteiger partial charge on any atom is -0.396 e. The van der Waals surface area contributed by atoms with Gasteiger partial charge in [0, 0.05) is 19.2 Å². The van der Waals surface area contributed by atoms with Gasteiger partial charge in [-0.1, -0.05) is 6.42 Å². The molecule has 3 atom stereocenters. The lowest BCUT2D eigenvalue weighted by molar-refractivity contribution is -0.0486. The van der Waals surface area contributed by atoms with E-state index in [2.05, 4.69) is 5.32 Å². The Labute approximate surface area is 104 Å². The van der Waals surface area contributed by atoms with Crippen LogP contribution in [-0.4, -0.2) is 47.7 Å². The first-order valence-electron chi connectivity index (χ1n) is 6.58. The maximum absolute atomic E-state index is 9.78. The molecule has 1 rings (SSSR count). The van der Waals surface area contributed by atoms with Crippen molar-refractivity contribution in [3.05, 3.63) is 0 Å². The number of aliphatic hydroxyl groups excluding tert-OH is 2. The van der Waals surface area contributed by atoms with Crippen molar-refractivity contribution in [3.63, 3.8) is 0 Å². The van der Waals surface area contributed by atoms with Crippen LogP contribution >= 0.6 is 0 Å². The summed E-state index contributed by atoms with van der Waals surface area (Å²) in [6.45, 7) is 7.07. The molecule has 0 bridgehead atoms. The van der Waals surface area contributed by atoms with E-state index < -0.39 is 6.10 Å². The van der Waals surface area contributed by atoms with Crippen molar-refractivity contribution in [2.75, 3.05) is 19.8 Å². The zero-order valence-electron chi connectivity index (χ0n) is 11.3. The Hall–Kier alpha value is -0.160. The second kappa shape index (κ2) is 6.69. The lowest BCUT2D eigenvalue weighted by Gasteiger charge is -2.24. The van der Waals surface area contributed by atoms with Crippen LogP contribution in [-0.2, 0) is 4.74 Å². The highest BCUT2D eigenvalue weighted by molar-refractivity contribution is 4.83. The van der Waals surface area contributed by atoms with Crippen molar-refractivity contribution in [1.29, 1.82) is 0 Å². The fourth-order valence-electron chi connectivity index (χ4n) is 2.22. The van der Waals surface area contributed by atoms with Crippen LogP contribution in [0.25, 0.3) is 0 Å². The fraction of sp³-hybridized carbons (Fsp3) is 1.00. The van der Waals surface area contributed by atoms with Gasteiger partial charge in [0.1, 0.15) is 0 Å². The van der Waals surface area contributed by atoms with Gasteiger partial charge < -0.3 is 20.3 Å². The molecule has 0 heterocycles. The van der Waals surface area contributed by atoms with Crippen LogP contribution in [0.2, 0.25) is 0 Å². The molecule has 1 aliphatic carbocycles. The molecular formula is C13H27NO3. The summed E-state index contributed by atoms with van der Waals surface area (Å²) in [4.78, 5) is 0. The van der Waals surface area contributed by atoms with E-state index >= 15 is 0 Å². The predicted molar refractivity (Wildman–Crippen MR) is 67.9 cm³/mol. The van der Waals surface area contributed by atoms with Crippen molar-refractivity contribution in [3.8, 4) is 0 Å². The summed E-state index contributed by atoms with van der Waals surface area (Å²) in [6, 6.07) is 0.351. The highest BCUT2D eigenvalue weighted by atomic mass is 16.5. The minimum absolute atomic E-state index is 0.206. The molecule has 17 heavy (non-hydrogen) atoms. The van der Waals surface area contributed by atoms with Crippen LogP contribution in [0, 0.1) is 5.92 Å². The lowest BCUT2D eigenvalue weighted by Crippen LogP contribution is -2.41. The molecule has 0 radical (unpaired) electrons. The topological polar surface area (TPSA) is 61.7 Å². The standard InChI is InChI=1S/C13H27NO3/c1-13(2,3)17-9-11(16)7-14-12-6-4-5-10(12)8-15/h10-12,14-16H,4-9H2,1-3H3. The molecule has 102 valence electrons. The molecule has 1 saturated carbocycles. The van der Waals surface area contributed by atoms with E-state index in [1.165, 1.54) is 0 Å². The predicted octanol–water partition coefficient (Wildman–Crippen LogP) is 0.913. The Balaban J connectivity index is 2.17. The summed E-state index contributed by atoms with van der Waals surface area (Å²) >= 11 is 0. The molecule has 1 aliphatic rings. The van der Waals surface area contributed by atoms with Crippen LogP contribution in [0.4, 0.5) is 0 Å². The van der Waals surface area contributed by atoms with E-state index in [0.29, 0.717) is 25.1 Å². The van der Waals surface area contributed by atoms with E-state index in [1.807, 2.05) is 20.8 Å². The quantitative estimate of drug-likeness (QED) is 0.651. The smallest absolute Gasteiger partial charge is 0.0898 e. The summed E-state index contributed by atoms with van der Waals surface area (Å²) < 4.78 is 5.52. The zero-order chi connectivity index (χ0) is 12.9. The number of ether oxygens (including phenoxy) is 1. The van der Waals surface area contributed by atoms with Gasteiger partial charge in [-0.05, 0) is 39.5 Å². The second-order valence-electron chi connectivity index (χ2n) is 5.97. The Morgan fingerprint density at radius 1 is 1.35 bits per heavy atom. The number of hydrogen-bond donors (Lipinski definition) is 3. The third kappa shape index (κ3) is 5.82. The molecule has 0 saturated heterocycles.